The second-order valence-corrected chi connectivity index (χ2v) is 6.04. The average Bonchev–Trinajstić information content (AvgIpc) is 3.08. The predicted molar refractivity (Wildman–Crippen MR) is 80.8 cm³/mol. The van der Waals surface area contributed by atoms with Crippen LogP contribution in [0.25, 0.3) is 0 Å². The maximum absolute atomic E-state index is 13.5. The van der Waals surface area contributed by atoms with E-state index in [1.165, 1.54) is 28.4 Å². The minimum absolute atomic E-state index is 0.106. The van der Waals surface area contributed by atoms with Crippen molar-refractivity contribution >= 4 is 28.3 Å². The summed E-state index contributed by atoms with van der Waals surface area (Å²) < 4.78 is 13.5. The third-order valence-corrected chi connectivity index (χ3v) is 4.46. The normalized spacial score (nSPS) is 21.2. The van der Waals surface area contributed by atoms with Crippen molar-refractivity contribution in [3.05, 3.63) is 47.2 Å². The van der Waals surface area contributed by atoms with Crippen molar-refractivity contribution in [2.24, 2.45) is 5.92 Å². The average molecular weight is 319 g/mol. The highest BCUT2D eigenvalue weighted by molar-refractivity contribution is 7.13. The fraction of sp³-hybridized carbons (Fsp3) is 0.267. The molecule has 0 saturated carbocycles. The molecule has 2 amide bonds. The summed E-state index contributed by atoms with van der Waals surface area (Å²) in [5.74, 6) is -1.36. The molecule has 7 heteroatoms. The zero-order valence-electron chi connectivity index (χ0n) is 11.8. The third kappa shape index (κ3) is 2.71. The van der Waals surface area contributed by atoms with E-state index in [0.717, 1.165) is 0 Å². The summed E-state index contributed by atoms with van der Waals surface area (Å²) in [6, 6.07) is 5.54. The minimum atomic E-state index is -0.566. The van der Waals surface area contributed by atoms with E-state index >= 15 is 0 Å². The molecule has 1 fully saturated rings. The highest BCUT2D eigenvalue weighted by Gasteiger charge is 2.42. The number of rotatable bonds is 3. The van der Waals surface area contributed by atoms with E-state index in [1.807, 2.05) is 0 Å². The van der Waals surface area contributed by atoms with Gasteiger partial charge in [-0.1, -0.05) is 12.1 Å². The monoisotopic (exact) mass is 319 g/mol. The molecule has 1 aliphatic rings. The smallest absolute Gasteiger partial charge is 0.232 e. The molecule has 1 saturated heterocycles. The van der Waals surface area contributed by atoms with Crippen molar-refractivity contribution in [2.45, 2.75) is 12.5 Å². The summed E-state index contributed by atoms with van der Waals surface area (Å²) in [6.07, 6.45) is 1.70. The van der Waals surface area contributed by atoms with Crippen LogP contribution in [-0.2, 0) is 9.59 Å². The molecule has 2 aromatic rings. The summed E-state index contributed by atoms with van der Waals surface area (Å²) in [7, 11) is 1.63. The molecule has 3 rings (SSSR count). The number of likely N-dealkylation sites (tertiary alicyclic amines) is 1. The molecule has 0 aliphatic carbocycles. The molecule has 22 heavy (non-hydrogen) atoms. The van der Waals surface area contributed by atoms with Gasteiger partial charge in [-0.3, -0.25) is 9.59 Å². The third-order valence-electron chi connectivity index (χ3n) is 3.78. The Balaban J connectivity index is 1.88. The maximum Gasteiger partial charge on any atom is 0.232 e. The van der Waals surface area contributed by atoms with Gasteiger partial charge in [0.15, 0.2) is 5.13 Å². The Labute approximate surface area is 130 Å². The van der Waals surface area contributed by atoms with Gasteiger partial charge >= 0.3 is 0 Å². The van der Waals surface area contributed by atoms with Crippen LogP contribution in [0.15, 0.2) is 35.8 Å². The van der Waals surface area contributed by atoms with Crippen LogP contribution in [0.2, 0.25) is 0 Å². The van der Waals surface area contributed by atoms with Gasteiger partial charge in [0, 0.05) is 25.0 Å². The molecule has 0 spiro atoms. The number of aromatic nitrogens is 1. The second-order valence-electron chi connectivity index (χ2n) is 5.14. The van der Waals surface area contributed by atoms with Gasteiger partial charge in [0.2, 0.25) is 11.8 Å². The first kappa shape index (κ1) is 14.6. The van der Waals surface area contributed by atoms with Gasteiger partial charge in [-0.15, -0.1) is 11.3 Å². The fourth-order valence-electron chi connectivity index (χ4n) is 2.73. The van der Waals surface area contributed by atoms with Gasteiger partial charge in [0.25, 0.3) is 0 Å². The molecule has 2 heterocycles. The van der Waals surface area contributed by atoms with Gasteiger partial charge in [0.1, 0.15) is 5.82 Å². The van der Waals surface area contributed by atoms with Crippen LogP contribution in [0.3, 0.4) is 0 Å². The van der Waals surface area contributed by atoms with Gasteiger partial charge in [-0.05, 0) is 17.7 Å². The molecular formula is C15H14FN3O2S. The van der Waals surface area contributed by atoms with E-state index in [1.54, 1.807) is 30.8 Å². The van der Waals surface area contributed by atoms with Gasteiger partial charge < -0.3 is 10.2 Å². The Hall–Kier alpha value is -2.28. The predicted octanol–water partition coefficient (Wildman–Crippen LogP) is 2.44. The van der Waals surface area contributed by atoms with Crippen LogP contribution in [0, 0.1) is 11.7 Å². The number of carbonyl (C=O) groups is 2. The summed E-state index contributed by atoms with van der Waals surface area (Å²) >= 11 is 1.31. The van der Waals surface area contributed by atoms with Crippen molar-refractivity contribution < 1.29 is 14.0 Å². The van der Waals surface area contributed by atoms with E-state index in [9.17, 15) is 14.0 Å². The summed E-state index contributed by atoms with van der Waals surface area (Å²) in [5.41, 5.74) is 0.618. The molecule has 1 aliphatic heterocycles. The van der Waals surface area contributed by atoms with Crippen molar-refractivity contribution in [3.63, 3.8) is 0 Å². The highest BCUT2D eigenvalue weighted by Crippen LogP contribution is 2.37. The van der Waals surface area contributed by atoms with Crippen LogP contribution in [0.1, 0.15) is 18.0 Å². The number of nitrogens with one attached hydrogen (secondary N) is 1. The molecule has 5 nitrogen and oxygen atoms in total. The van der Waals surface area contributed by atoms with E-state index in [-0.39, 0.29) is 24.1 Å². The molecule has 114 valence electrons. The molecule has 1 N–H and O–H groups in total. The van der Waals surface area contributed by atoms with Crippen LogP contribution >= 0.6 is 11.3 Å². The summed E-state index contributed by atoms with van der Waals surface area (Å²) in [4.78, 5) is 30.0. The lowest BCUT2D eigenvalue weighted by molar-refractivity contribution is -0.127. The number of amides is 2. The quantitative estimate of drug-likeness (QED) is 0.945. The Bertz CT molecular complexity index is 705. The first-order chi connectivity index (χ1) is 10.6. The number of benzene rings is 1. The van der Waals surface area contributed by atoms with E-state index < -0.39 is 12.0 Å². The van der Waals surface area contributed by atoms with Crippen LogP contribution in [0.4, 0.5) is 9.52 Å². The largest absolute Gasteiger partial charge is 0.338 e. The van der Waals surface area contributed by atoms with Crippen LogP contribution in [-0.4, -0.2) is 28.7 Å². The Morgan fingerprint density at radius 2 is 2.32 bits per heavy atom. The van der Waals surface area contributed by atoms with Crippen molar-refractivity contribution in [3.8, 4) is 0 Å². The maximum atomic E-state index is 13.5. The standard InChI is InChI=1S/C15H14FN3O2S/c1-19-12(20)8-11(14(21)18-15-17-5-6-22-15)13(19)9-3-2-4-10(16)7-9/h2-7,11,13H,8H2,1H3,(H,17,18,21)/t11-,13+/m1/s1. The zero-order valence-corrected chi connectivity index (χ0v) is 12.6. The first-order valence-electron chi connectivity index (χ1n) is 6.78. The number of anilines is 1. The zero-order chi connectivity index (χ0) is 15.7. The Morgan fingerprint density at radius 3 is 3.00 bits per heavy atom. The SMILES string of the molecule is CN1C(=O)C[C@@H](C(=O)Nc2nccs2)[C@@H]1c1cccc(F)c1. The van der Waals surface area contributed by atoms with E-state index in [0.29, 0.717) is 10.7 Å². The molecule has 0 radical (unpaired) electrons. The summed E-state index contributed by atoms with van der Waals surface area (Å²) in [5, 5.41) is 4.96. The number of hydrogen-bond acceptors (Lipinski definition) is 4. The van der Waals surface area contributed by atoms with Crippen molar-refractivity contribution in [1.82, 2.24) is 9.88 Å². The lowest BCUT2D eigenvalue weighted by Gasteiger charge is -2.24. The van der Waals surface area contributed by atoms with E-state index in [4.69, 9.17) is 0 Å². The number of thiazole rings is 1. The topological polar surface area (TPSA) is 62.3 Å². The second kappa shape index (κ2) is 5.84. The number of halogens is 1. The number of nitrogens with zero attached hydrogens (tertiary/aromatic N) is 2. The van der Waals surface area contributed by atoms with Gasteiger partial charge in [-0.25, -0.2) is 9.37 Å². The minimum Gasteiger partial charge on any atom is -0.338 e. The highest BCUT2D eigenvalue weighted by atomic mass is 32.1. The first-order valence-corrected chi connectivity index (χ1v) is 7.65. The Kier molecular flexibility index (Phi) is 3.89. The van der Waals surface area contributed by atoms with Crippen LogP contribution < -0.4 is 5.32 Å². The molecule has 1 aromatic carbocycles. The number of hydrogen-bond donors (Lipinski definition) is 1. The van der Waals surface area contributed by atoms with Crippen LogP contribution in [0.5, 0.6) is 0 Å². The van der Waals surface area contributed by atoms with Gasteiger partial charge in [-0.2, -0.15) is 0 Å². The van der Waals surface area contributed by atoms with Gasteiger partial charge in [0.05, 0.1) is 12.0 Å². The lowest BCUT2D eigenvalue weighted by atomic mass is 9.93. The fourth-order valence-corrected chi connectivity index (χ4v) is 3.27. The Morgan fingerprint density at radius 1 is 1.50 bits per heavy atom. The molecule has 1 aromatic heterocycles. The van der Waals surface area contributed by atoms with E-state index in [2.05, 4.69) is 10.3 Å². The molecule has 0 unspecified atom stereocenters. The summed E-state index contributed by atoms with van der Waals surface area (Å²) in [6.45, 7) is 0. The lowest BCUT2D eigenvalue weighted by Crippen LogP contribution is -2.30. The number of carbonyl (C=O) groups excluding carboxylic acids is 2. The molecule has 0 bridgehead atoms. The van der Waals surface area contributed by atoms with Crippen molar-refractivity contribution in [2.75, 3.05) is 12.4 Å². The molecular weight excluding hydrogens is 305 g/mol. The molecule has 2 atom stereocenters. The van der Waals surface area contributed by atoms with Crippen molar-refractivity contribution in [1.29, 1.82) is 0 Å².